The third kappa shape index (κ3) is 5.77. The van der Waals surface area contributed by atoms with Crippen LogP contribution in [-0.4, -0.2) is 71.4 Å². The third-order valence-electron chi connectivity index (χ3n) is 6.97. The normalized spacial score (nSPS) is 27.0. The molecule has 2 amide bonds. The Morgan fingerprint density at radius 1 is 1.12 bits per heavy atom. The molecule has 3 aliphatic rings. The zero-order valence-electron chi connectivity index (χ0n) is 19.4. The Morgan fingerprint density at radius 2 is 1.82 bits per heavy atom. The lowest BCUT2D eigenvalue weighted by atomic mass is 9.76. The number of nitrogens with zero attached hydrogens (tertiary/aromatic N) is 4. The maximum atomic E-state index is 14.9. The minimum absolute atomic E-state index is 0.0194. The van der Waals surface area contributed by atoms with Crippen LogP contribution < -0.4 is 15.5 Å². The van der Waals surface area contributed by atoms with Gasteiger partial charge in [0.15, 0.2) is 0 Å². The van der Waals surface area contributed by atoms with Crippen molar-refractivity contribution in [3.8, 4) is 0 Å². The number of rotatable bonds is 6. The van der Waals surface area contributed by atoms with Crippen LogP contribution in [0.25, 0.3) is 0 Å². The highest BCUT2D eigenvalue weighted by molar-refractivity contribution is 6.01. The monoisotopic (exact) mass is 464 g/mol. The molecule has 3 fully saturated rings. The predicted molar refractivity (Wildman–Crippen MR) is 121 cm³/mol. The minimum atomic E-state index is -2.64. The molecule has 3 saturated heterocycles. The maximum Gasteiger partial charge on any atom is 0.263 e. The second kappa shape index (κ2) is 9.87. The number of anilines is 2. The number of amides is 2. The van der Waals surface area contributed by atoms with E-state index in [1.165, 1.54) is 0 Å². The van der Waals surface area contributed by atoms with Crippen molar-refractivity contribution >= 4 is 23.5 Å². The molecule has 8 nitrogen and oxygen atoms in total. The predicted octanol–water partition coefficient (Wildman–Crippen LogP) is 2.52. The van der Waals surface area contributed by atoms with E-state index < -0.39 is 17.9 Å². The van der Waals surface area contributed by atoms with E-state index in [2.05, 4.69) is 34.4 Å². The van der Waals surface area contributed by atoms with E-state index in [0.29, 0.717) is 62.7 Å². The summed E-state index contributed by atoms with van der Waals surface area (Å²) >= 11 is 0. The Bertz CT molecular complexity index is 842. The Balaban J connectivity index is 1.28. The second-order valence-electron chi connectivity index (χ2n) is 10.0. The number of carbonyl (C=O) groups is 2. The van der Waals surface area contributed by atoms with Gasteiger partial charge in [-0.05, 0) is 44.1 Å². The number of hydrogen-bond donors (Lipinski definition) is 2. The van der Waals surface area contributed by atoms with E-state index >= 15 is 0 Å². The van der Waals surface area contributed by atoms with E-state index in [4.69, 9.17) is 0 Å². The molecule has 10 heteroatoms. The van der Waals surface area contributed by atoms with Gasteiger partial charge in [-0.25, -0.2) is 18.7 Å². The molecule has 1 aromatic rings. The van der Waals surface area contributed by atoms with Crippen LogP contribution in [0.3, 0.4) is 0 Å². The number of alkyl halides is 2. The van der Waals surface area contributed by atoms with E-state index in [-0.39, 0.29) is 24.3 Å². The largest absolute Gasteiger partial charge is 0.371 e. The molecule has 0 radical (unpaired) electrons. The Labute approximate surface area is 193 Å². The summed E-state index contributed by atoms with van der Waals surface area (Å²) in [6.07, 6.45) is 5.96. The minimum Gasteiger partial charge on any atom is -0.371 e. The number of piperidine rings is 3. The average molecular weight is 465 g/mol. The van der Waals surface area contributed by atoms with Crippen molar-refractivity contribution in [2.24, 2.45) is 17.8 Å². The van der Waals surface area contributed by atoms with Crippen LogP contribution in [0.4, 0.5) is 20.4 Å². The smallest absolute Gasteiger partial charge is 0.263 e. The van der Waals surface area contributed by atoms with Crippen molar-refractivity contribution in [1.82, 2.24) is 20.2 Å². The van der Waals surface area contributed by atoms with Crippen LogP contribution in [0, 0.1) is 17.8 Å². The lowest BCUT2D eigenvalue weighted by Crippen LogP contribution is -2.53. The van der Waals surface area contributed by atoms with Crippen LogP contribution in [0.5, 0.6) is 0 Å². The van der Waals surface area contributed by atoms with Gasteiger partial charge in [0.2, 0.25) is 17.8 Å². The van der Waals surface area contributed by atoms with Gasteiger partial charge in [-0.2, -0.15) is 0 Å². The number of hydrogen-bond acceptors (Lipinski definition) is 7. The summed E-state index contributed by atoms with van der Waals surface area (Å²) in [5.41, 5.74) is 0.607. The van der Waals surface area contributed by atoms with Gasteiger partial charge in [-0.1, -0.05) is 13.8 Å². The first-order valence-electron chi connectivity index (χ1n) is 12.0. The van der Waals surface area contributed by atoms with Gasteiger partial charge in [-0.3, -0.25) is 19.8 Å². The molecule has 4 heterocycles. The van der Waals surface area contributed by atoms with Crippen molar-refractivity contribution in [2.45, 2.75) is 57.9 Å². The molecule has 2 N–H and O–H groups in total. The summed E-state index contributed by atoms with van der Waals surface area (Å²) in [6, 6.07) is -0.485. The lowest BCUT2D eigenvalue weighted by Gasteiger charge is -2.44. The molecule has 0 aliphatic carbocycles. The fraction of sp³-hybridized carbons (Fsp3) is 0.739. The first-order chi connectivity index (χ1) is 15.7. The van der Waals surface area contributed by atoms with Crippen LogP contribution in [0.1, 0.15) is 46.0 Å². The average Bonchev–Trinajstić information content (AvgIpc) is 2.75. The van der Waals surface area contributed by atoms with E-state index in [1.54, 1.807) is 12.4 Å². The van der Waals surface area contributed by atoms with E-state index in [0.717, 1.165) is 13.1 Å². The highest BCUT2D eigenvalue weighted by atomic mass is 19.3. The van der Waals surface area contributed by atoms with Crippen LogP contribution >= 0.6 is 0 Å². The van der Waals surface area contributed by atoms with Gasteiger partial charge in [-0.15, -0.1) is 0 Å². The lowest BCUT2D eigenvalue weighted by molar-refractivity contribution is -0.134. The Hall–Kier alpha value is -2.36. The first kappa shape index (κ1) is 23.8. The number of halogens is 2. The molecule has 182 valence electrons. The van der Waals surface area contributed by atoms with Crippen molar-refractivity contribution in [2.75, 3.05) is 42.9 Å². The van der Waals surface area contributed by atoms with Gasteiger partial charge in [0.1, 0.15) is 6.04 Å². The molecular weight excluding hydrogens is 430 g/mol. The highest BCUT2D eigenvalue weighted by Gasteiger charge is 2.48. The van der Waals surface area contributed by atoms with Crippen molar-refractivity contribution in [3.63, 3.8) is 0 Å². The summed E-state index contributed by atoms with van der Waals surface area (Å²) in [5, 5.41) is 5.38. The third-order valence-corrected chi connectivity index (χ3v) is 6.97. The van der Waals surface area contributed by atoms with Gasteiger partial charge in [0, 0.05) is 32.0 Å². The molecule has 2 atom stereocenters. The van der Waals surface area contributed by atoms with Gasteiger partial charge in [0.05, 0.1) is 24.6 Å². The van der Waals surface area contributed by atoms with Crippen molar-refractivity contribution < 1.29 is 18.4 Å². The fourth-order valence-electron chi connectivity index (χ4n) is 5.37. The summed E-state index contributed by atoms with van der Waals surface area (Å²) in [6.45, 7) is 6.81. The Kier molecular flexibility index (Phi) is 7.11. The molecule has 0 saturated carbocycles. The first-order valence-corrected chi connectivity index (χ1v) is 12.0. The molecule has 4 rings (SSSR count). The van der Waals surface area contributed by atoms with E-state index in [9.17, 15) is 18.4 Å². The van der Waals surface area contributed by atoms with Crippen LogP contribution in [0.2, 0.25) is 0 Å². The molecule has 3 aliphatic heterocycles. The summed E-state index contributed by atoms with van der Waals surface area (Å²) < 4.78 is 29.9. The SMILES string of the molecule is CC(C)CN1CCC(C2CCN(c3ncc(NC4CCC(=O)NC4=O)cn3)CC2)C(F)(F)C1. The summed E-state index contributed by atoms with van der Waals surface area (Å²) in [4.78, 5) is 35.9. The number of likely N-dealkylation sites (tertiary alicyclic amines) is 1. The standard InChI is InChI=1S/C23H34F2N6O2/c1-15(2)13-30-8-7-18(23(24,25)14-30)16-5-9-31(10-6-16)22-26-11-17(12-27-22)28-19-3-4-20(32)29-21(19)33/h11-12,15-16,18-19,28H,3-10,13-14H2,1-2H3,(H,29,32,33). The number of imide groups is 1. The topological polar surface area (TPSA) is 90.5 Å². The number of carbonyl (C=O) groups excluding carboxylic acids is 2. The molecule has 2 unspecified atom stereocenters. The van der Waals surface area contributed by atoms with Crippen LogP contribution in [0.15, 0.2) is 12.4 Å². The van der Waals surface area contributed by atoms with Crippen LogP contribution in [-0.2, 0) is 9.59 Å². The molecule has 33 heavy (non-hydrogen) atoms. The molecule has 0 bridgehead atoms. The van der Waals surface area contributed by atoms with Gasteiger partial charge in [0.25, 0.3) is 5.92 Å². The molecule has 1 aromatic heterocycles. The quantitative estimate of drug-likeness (QED) is 0.625. The van der Waals surface area contributed by atoms with Gasteiger partial charge >= 0.3 is 0 Å². The molecule has 0 aromatic carbocycles. The van der Waals surface area contributed by atoms with Gasteiger partial charge < -0.3 is 10.2 Å². The van der Waals surface area contributed by atoms with E-state index in [1.807, 2.05) is 9.80 Å². The number of aromatic nitrogens is 2. The van der Waals surface area contributed by atoms with Crippen molar-refractivity contribution in [3.05, 3.63) is 12.4 Å². The van der Waals surface area contributed by atoms with Crippen molar-refractivity contribution in [1.29, 1.82) is 0 Å². The summed E-state index contributed by atoms with van der Waals surface area (Å²) in [7, 11) is 0. The fourth-order valence-corrected chi connectivity index (χ4v) is 5.37. The second-order valence-corrected chi connectivity index (χ2v) is 10.0. The Morgan fingerprint density at radius 3 is 2.42 bits per heavy atom. The number of nitrogens with one attached hydrogen (secondary N) is 2. The molecule has 0 spiro atoms. The maximum absolute atomic E-state index is 14.9. The zero-order valence-corrected chi connectivity index (χ0v) is 19.4. The molecular formula is C23H34F2N6O2. The summed E-state index contributed by atoms with van der Waals surface area (Å²) in [5.74, 6) is -2.81. The highest BCUT2D eigenvalue weighted by Crippen LogP contribution is 2.42. The zero-order chi connectivity index (χ0) is 23.6.